The Labute approximate surface area is 438 Å². The maximum Gasteiger partial charge on any atom is 0.321 e. The summed E-state index contributed by atoms with van der Waals surface area (Å²) >= 11 is 1.00. The molecule has 76 heavy (non-hydrogen) atoms. The molecule has 2 atom stereocenters. The van der Waals surface area contributed by atoms with Crippen molar-refractivity contribution >= 4 is 92.6 Å². The second-order valence-electron chi connectivity index (χ2n) is 17.9. The number of nitrogens with two attached hydrogens (primary N) is 2. The lowest BCUT2D eigenvalue weighted by molar-refractivity contribution is -0.140. The number of aryl methyl sites for hydroxylation is 4. The molecule has 1 aliphatic heterocycles. The number of carbonyl (C=O) groups excluding carboxylic acids is 6. The number of nitrogens with zero attached hydrogens (tertiary/aromatic N) is 12. The minimum atomic E-state index is -1.21. The predicted molar refractivity (Wildman–Crippen MR) is 280 cm³/mol. The van der Waals surface area contributed by atoms with E-state index in [0.29, 0.717) is 76.3 Å². The highest BCUT2D eigenvalue weighted by atomic mass is 32.2. The van der Waals surface area contributed by atoms with Crippen LogP contribution in [0.2, 0.25) is 0 Å². The van der Waals surface area contributed by atoms with E-state index in [2.05, 4.69) is 25.5 Å². The van der Waals surface area contributed by atoms with Gasteiger partial charge in [-0.1, -0.05) is 12.2 Å². The van der Waals surface area contributed by atoms with Gasteiger partial charge in [-0.2, -0.15) is 10.2 Å². The third-order valence-corrected chi connectivity index (χ3v) is 14.0. The van der Waals surface area contributed by atoms with E-state index in [4.69, 9.17) is 36.0 Å². The zero-order chi connectivity index (χ0) is 54.5. The van der Waals surface area contributed by atoms with E-state index >= 15 is 0 Å². The van der Waals surface area contributed by atoms with Gasteiger partial charge in [0.1, 0.15) is 56.8 Å². The van der Waals surface area contributed by atoms with Crippen molar-refractivity contribution in [3.05, 3.63) is 77.0 Å². The standard InChI is InChI=1S/C50H57N15O10S/c1-7-64-34(18-27(3)58-64)45-53-24-31-41-43(36(74-6)22-30(25-66)54-41)62(46(31)56-45)14-9-10-15-63-42-33(55-50(63)57-47(70)35-19-28(4)59-65(35)8-2)20-29(44(52)69)21-37(42)75-17-11-13-60(5)39(67)12-16-61-40(68)23-38(48(61)71)76-26-32(51)49(72)73/h9-10,18-22,24-25,32,38H,7-8,11-17,23,26,51H2,1-6H3,(H2,52,69)(H,72,73)(H,55,57,70)/b10-9+. The lowest BCUT2D eigenvalue weighted by Gasteiger charge is -2.20. The number of imide groups is 1. The number of primary amides is 1. The van der Waals surface area contributed by atoms with Crippen LogP contribution in [-0.4, -0.2) is 156 Å². The number of likely N-dealkylation sites (tertiary alicyclic amines) is 1. The zero-order valence-corrected chi connectivity index (χ0v) is 43.5. The van der Waals surface area contributed by atoms with E-state index in [1.54, 1.807) is 41.5 Å². The predicted octanol–water partition coefficient (Wildman–Crippen LogP) is 3.36. The topological polar surface area (TPSA) is 326 Å². The molecule has 6 N–H and O–H groups in total. The molecule has 0 aliphatic carbocycles. The van der Waals surface area contributed by atoms with Crippen molar-refractivity contribution in [2.45, 2.75) is 84.4 Å². The van der Waals surface area contributed by atoms with Crippen molar-refractivity contribution in [3.8, 4) is 23.0 Å². The van der Waals surface area contributed by atoms with Crippen molar-refractivity contribution in [2.75, 3.05) is 44.9 Å². The maximum atomic E-state index is 14.0. The number of aliphatic carboxylic acids is 1. The molecule has 0 saturated carbocycles. The van der Waals surface area contributed by atoms with E-state index in [-0.39, 0.29) is 85.8 Å². The molecule has 8 rings (SSSR count). The van der Waals surface area contributed by atoms with E-state index in [0.717, 1.165) is 28.0 Å². The summed E-state index contributed by atoms with van der Waals surface area (Å²) in [4.78, 5) is 110. The Balaban J connectivity index is 1.06. The number of pyridine rings is 1. The number of ether oxygens (including phenoxy) is 2. The second kappa shape index (κ2) is 22.9. The van der Waals surface area contributed by atoms with Crippen molar-refractivity contribution in [3.63, 3.8) is 0 Å². The number of carbonyl (C=O) groups is 7. The molecule has 5 amide bonds. The molecular formula is C50H57N15O10S. The molecule has 398 valence electrons. The largest absolute Gasteiger partial charge is 0.494 e. The average Bonchev–Trinajstić information content (AvgIpc) is 4.24. The summed E-state index contributed by atoms with van der Waals surface area (Å²) in [5, 5.41) is 20.8. The monoisotopic (exact) mass is 1060 g/mol. The van der Waals surface area contributed by atoms with Gasteiger partial charge in [-0.15, -0.1) is 11.8 Å². The number of aldehydes is 1. The van der Waals surface area contributed by atoms with Gasteiger partial charge in [-0.05, 0) is 58.4 Å². The third kappa shape index (κ3) is 11.1. The van der Waals surface area contributed by atoms with Crippen LogP contribution in [-0.2, 0) is 45.4 Å². The number of carboxylic acid groups (broad SMARTS) is 1. The summed E-state index contributed by atoms with van der Waals surface area (Å²) in [6.07, 6.45) is 6.12. The second-order valence-corrected chi connectivity index (χ2v) is 19.1. The number of rotatable bonds is 24. The quantitative estimate of drug-likeness (QED) is 0.0292. The van der Waals surface area contributed by atoms with Crippen LogP contribution in [0.1, 0.15) is 75.8 Å². The van der Waals surface area contributed by atoms with Crippen LogP contribution in [0.3, 0.4) is 0 Å². The Morgan fingerprint density at radius 3 is 2.38 bits per heavy atom. The van der Waals surface area contributed by atoms with E-state index in [9.17, 15) is 33.6 Å². The first-order valence-electron chi connectivity index (χ1n) is 24.3. The number of hydrogen-bond donors (Lipinski definition) is 4. The van der Waals surface area contributed by atoms with Gasteiger partial charge in [-0.3, -0.25) is 53.1 Å². The summed E-state index contributed by atoms with van der Waals surface area (Å²) in [6, 6.07) is 6.93. The number of hydrogen-bond acceptors (Lipinski definition) is 17. The van der Waals surface area contributed by atoms with Gasteiger partial charge in [0.15, 0.2) is 12.1 Å². The highest BCUT2D eigenvalue weighted by molar-refractivity contribution is 8.00. The van der Waals surface area contributed by atoms with Crippen LogP contribution in [0.4, 0.5) is 5.95 Å². The Kier molecular flexibility index (Phi) is 16.2. The van der Waals surface area contributed by atoms with Crippen molar-refractivity contribution in [1.82, 2.24) is 58.4 Å². The number of anilines is 1. The molecule has 7 heterocycles. The van der Waals surface area contributed by atoms with Crippen LogP contribution in [0.5, 0.6) is 11.5 Å². The number of allylic oxidation sites excluding steroid dienone is 2. The van der Waals surface area contributed by atoms with Crippen molar-refractivity contribution in [1.29, 1.82) is 0 Å². The lowest BCUT2D eigenvalue weighted by atomic mass is 10.1. The highest BCUT2D eigenvalue weighted by Crippen LogP contribution is 2.35. The Hall–Kier alpha value is -8.52. The third-order valence-electron chi connectivity index (χ3n) is 12.7. The number of imidazole rings is 1. The molecule has 0 radical (unpaired) electrons. The number of aromatic nitrogens is 10. The molecule has 2 unspecified atom stereocenters. The average molecular weight is 1060 g/mol. The van der Waals surface area contributed by atoms with Crippen LogP contribution in [0, 0.1) is 13.8 Å². The summed E-state index contributed by atoms with van der Waals surface area (Å²) in [5.74, 6) is -2.60. The molecule has 0 spiro atoms. The van der Waals surface area contributed by atoms with E-state index in [1.807, 2.05) is 48.2 Å². The summed E-state index contributed by atoms with van der Waals surface area (Å²) in [7, 11) is 3.09. The van der Waals surface area contributed by atoms with Crippen molar-refractivity contribution in [2.24, 2.45) is 11.5 Å². The Bertz CT molecular complexity index is 3470. The molecule has 1 fully saturated rings. The van der Waals surface area contributed by atoms with Gasteiger partial charge in [0, 0.05) is 82.7 Å². The molecular weight excluding hydrogens is 1000 g/mol. The maximum absolute atomic E-state index is 14.0. The number of nitrogens with one attached hydrogen (secondary N) is 1. The first-order valence-corrected chi connectivity index (χ1v) is 25.4. The molecule has 7 aromatic rings. The number of fused-ring (bicyclic) bond motifs is 4. The molecule has 6 aromatic heterocycles. The van der Waals surface area contributed by atoms with Gasteiger partial charge in [0.25, 0.3) is 5.91 Å². The first-order chi connectivity index (χ1) is 36.4. The van der Waals surface area contributed by atoms with Crippen LogP contribution < -0.4 is 26.3 Å². The number of amides is 5. The number of methoxy groups -OCH3 is 1. The van der Waals surface area contributed by atoms with Crippen LogP contribution >= 0.6 is 11.8 Å². The molecule has 25 nitrogen and oxygen atoms in total. The van der Waals surface area contributed by atoms with Gasteiger partial charge in [-0.25, -0.2) is 19.9 Å². The highest BCUT2D eigenvalue weighted by Gasteiger charge is 2.39. The molecule has 1 aliphatic rings. The minimum absolute atomic E-state index is 0.0466. The van der Waals surface area contributed by atoms with Crippen LogP contribution in [0.25, 0.3) is 44.6 Å². The zero-order valence-electron chi connectivity index (χ0n) is 42.7. The van der Waals surface area contributed by atoms with Gasteiger partial charge in [0.2, 0.25) is 29.6 Å². The first kappa shape index (κ1) is 53.8. The summed E-state index contributed by atoms with van der Waals surface area (Å²) in [6.45, 7) is 8.98. The Morgan fingerprint density at radius 2 is 1.68 bits per heavy atom. The number of benzene rings is 1. The smallest absolute Gasteiger partial charge is 0.321 e. The molecule has 1 aromatic carbocycles. The lowest BCUT2D eigenvalue weighted by Crippen LogP contribution is -2.37. The Morgan fingerprint density at radius 1 is 0.961 bits per heavy atom. The summed E-state index contributed by atoms with van der Waals surface area (Å²) in [5.41, 5.74) is 16.4. The number of thioether (sulfide) groups is 1. The molecule has 1 saturated heterocycles. The van der Waals surface area contributed by atoms with Gasteiger partial charge >= 0.3 is 5.97 Å². The van der Waals surface area contributed by atoms with E-state index < -0.39 is 40.9 Å². The number of carboxylic acids is 1. The fourth-order valence-corrected chi connectivity index (χ4v) is 10.00. The SMILES string of the molecule is CCn1nc(C)cc1C(=O)Nc1nc2cc(C(N)=O)cc(OCCCN(C)C(=O)CCN3C(=O)CC(SCC(N)C(=O)O)C3=O)c2n1C/C=C/Cn1c2nc(-c3cc(C)nn3CC)ncc2c2nc(C=O)cc(OC)c21. The molecule has 26 heteroatoms. The normalized spacial score (nSPS) is 14.1. The van der Waals surface area contributed by atoms with Gasteiger partial charge < -0.3 is 40.1 Å². The van der Waals surface area contributed by atoms with Gasteiger partial charge in [0.05, 0.1) is 41.3 Å². The van der Waals surface area contributed by atoms with Crippen LogP contribution in [0.15, 0.2) is 48.7 Å². The minimum Gasteiger partial charge on any atom is -0.494 e. The fraction of sp³-hybridized carbons (Fsp3) is 0.380. The molecule has 0 bridgehead atoms. The van der Waals surface area contributed by atoms with E-state index in [1.165, 1.54) is 24.1 Å². The summed E-state index contributed by atoms with van der Waals surface area (Å²) < 4.78 is 19.2. The van der Waals surface area contributed by atoms with Crippen molar-refractivity contribution < 1.29 is 48.1 Å². The fourth-order valence-electron chi connectivity index (χ4n) is 8.88.